The standard InChI is InChI=1S/C14H9Cl2NO2/c15-7-11(18)13-9-6-8(16)3-4-10(9)17-14(13)12-2-1-5-19-12/h1-6,17H,7H2. The Kier molecular flexibility index (Phi) is 3.09. The van der Waals surface area contributed by atoms with Gasteiger partial charge >= 0.3 is 0 Å². The van der Waals surface area contributed by atoms with Gasteiger partial charge in [0.2, 0.25) is 0 Å². The molecule has 3 nitrogen and oxygen atoms in total. The number of hydrogen-bond acceptors (Lipinski definition) is 2. The molecule has 0 unspecified atom stereocenters. The van der Waals surface area contributed by atoms with Crippen molar-refractivity contribution in [1.82, 2.24) is 4.98 Å². The molecule has 2 heterocycles. The SMILES string of the molecule is O=C(CCl)c1c(-c2ccco2)[nH]c2ccc(Cl)cc12. The maximum atomic E-state index is 12.1. The lowest BCUT2D eigenvalue weighted by atomic mass is 10.1. The molecule has 0 aliphatic heterocycles. The number of halogens is 2. The Hall–Kier alpha value is -1.71. The number of carbonyl (C=O) groups excluding carboxylic acids is 1. The Balaban J connectivity index is 2.35. The molecule has 96 valence electrons. The van der Waals surface area contributed by atoms with Crippen molar-refractivity contribution in [3.05, 3.63) is 47.2 Å². The third-order valence-corrected chi connectivity index (χ3v) is 3.41. The molecule has 0 atom stereocenters. The molecule has 0 saturated heterocycles. The third-order valence-electron chi connectivity index (χ3n) is 2.93. The van der Waals surface area contributed by atoms with Crippen LogP contribution in [0.15, 0.2) is 41.0 Å². The molecule has 1 N–H and O–H groups in total. The number of ketones is 1. The first-order valence-electron chi connectivity index (χ1n) is 5.65. The zero-order valence-corrected chi connectivity index (χ0v) is 11.3. The minimum absolute atomic E-state index is 0.0901. The maximum absolute atomic E-state index is 12.1. The molecular weight excluding hydrogens is 285 g/mol. The number of nitrogens with one attached hydrogen (secondary N) is 1. The summed E-state index contributed by atoms with van der Waals surface area (Å²) in [6, 6.07) is 8.90. The van der Waals surface area contributed by atoms with Crippen LogP contribution >= 0.6 is 23.2 Å². The van der Waals surface area contributed by atoms with E-state index in [-0.39, 0.29) is 11.7 Å². The number of alkyl halides is 1. The highest BCUT2D eigenvalue weighted by Crippen LogP contribution is 2.32. The van der Waals surface area contributed by atoms with Crippen LogP contribution in [0.5, 0.6) is 0 Å². The van der Waals surface area contributed by atoms with Gasteiger partial charge in [-0.1, -0.05) is 11.6 Å². The molecule has 0 fully saturated rings. The second-order valence-corrected chi connectivity index (χ2v) is 4.80. The van der Waals surface area contributed by atoms with Crippen LogP contribution in [0, 0.1) is 0 Å². The minimum Gasteiger partial charge on any atom is -0.463 e. The average molecular weight is 294 g/mol. The van der Waals surface area contributed by atoms with E-state index in [4.69, 9.17) is 27.6 Å². The molecule has 2 aromatic heterocycles. The summed E-state index contributed by atoms with van der Waals surface area (Å²) in [5.41, 5.74) is 1.97. The van der Waals surface area contributed by atoms with Crippen molar-refractivity contribution in [3.8, 4) is 11.5 Å². The largest absolute Gasteiger partial charge is 0.463 e. The highest BCUT2D eigenvalue weighted by molar-refractivity contribution is 6.34. The van der Waals surface area contributed by atoms with Crippen LogP contribution in [0.25, 0.3) is 22.4 Å². The van der Waals surface area contributed by atoms with E-state index in [1.807, 2.05) is 6.07 Å². The van der Waals surface area contributed by atoms with E-state index in [1.54, 1.807) is 30.5 Å². The number of fused-ring (bicyclic) bond motifs is 1. The first-order valence-corrected chi connectivity index (χ1v) is 6.56. The molecule has 3 aromatic rings. The van der Waals surface area contributed by atoms with Crippen LogP contribution in [0.3, 0.4) is 0 Å². The lowest BCUT2D eigenvalue weighted by molar-refractivity contribution is 0.102. The second-order valence-electron chi connectivity index (χ2n) is 4.10. The van der Waals surface area contributed by atoms with Gasteiger partial charge in [0.05, 0.1) is 23.4 Å². The van der Waals surface area contributed by atoms with Crippen LogP contribution in [-0.4, -0.2) is 16.6 Å². The summed E-state index contributed by atoms with van der Waals surface area (Å²) < 4.78 is 5.36. The summed E-state index contributed by atoms with van der Waals surface area (Å²) >= 11 is 11.7. The first-order chi connectivity index (χ1) is 9.20. The van der Waals surface area contributed by atoms with Crippen molar-refractivity contribution < 1.29 is 9.21 Å². The lowest BCUT2D eigenvalue weighted by Gasteiger charge is -1.99. The molecule has 19 heavy (non-hydrogen) atoms. The van der Waals surface area contributed by atoms with E-state index in [2.05, 4.69) is 4.98 Å². The Labute approximate surface area is 119 Å². The van der Waals surface area contributed by atoms with Gasteiger partial charge in [-0.3, -0.25) is 4.79 Å². The molecular formula is C14H9Cl2NO2. The van der Waals surface area contributed by atoms with Crippen LogP contribution < -0.4 is 0 Å². The number of benzene rings is 1. The van der Waals surface area contributed by atoms with Crippen LogP contribution in [-0.2, 0) is 0 Å². The van der Waals surface area contributed by atoms with Gasteiger partial charge in [0.1, 0.15) is 0 Å². The van der Waals surface area contributed by atoms with E-state index in [0.717, 1.165) is 10.9 Å². The van der Waals surface area contributed by atoms with E-state index in [1.165, 1.54) is 0 Å². The normalized spacial score (nSPS) is 11.1. The molecule has 0 aliphatic carbocycles. The summed E-state index contributed by atoms with van der Waals surface area (Å²) in [4.78, 5) is 15.3. The Bertz CT molecular complexity index is 744. The molecule has 0 aliphatic rings. The molecule has 3 rings (SSSR count). The Morgan fingerprint density at radius 2 is 2.16 bits per heavy atom. The van der Waals surface area contributed by atoms with Gasteiger partial charge in [0.25, 0.3) is 0 Å². The van der Waals surface area contributed by atoms with E-state index < -0.39 is 0 Å². The highest BCUT2D eigenvalue weighted by atomic mass is 35.5. The molecule has 5 heteroatoms. The van der Waals surface area contributed by atoms with Gasteiger partial charge in [-0.2, -0.15) is 0 Å². The van der Waals surface area contributed by atoms with Crippen LogP contribution in [0.2, 0.25) is 5.02 Å². The number of furan rings is 1. The van der Waals surface area contributed by atoms with Crippen molar-refractivity contribution >= 4 is 39.9 Å². The molecule has 0 saturated carbocycles. The van der Waals surface area contributed by atoms with Gasteiger partial charge in [0.15, 0.2) is 11.5 Å². The third kappa shape index (κ3) is 2.05. The van der Waals surface area contributed by atoms with Gasteiger partial charge in [-0.05, 0) is 30.3 Å². The number of aromatic nitrogens is 1. The van der Waals surface area contributed by atoms with Crippen molar-refractivity contribution in [2.45, 2.75) is 0 Å². The highest BCUT2D eigenvalue weighted by Gasteiger charge is 2.20. The number of aromatic amines is 1. The van der Waals surface area contributed by atoms with Crippen molar-refractivity contribution in [2.75, 3.05) is 5.88 Å². The summed E-state index contributed by atoms with van der Waals surface area (Å²) in [6.07, 6.45) is 1.56. The Morgan fingerprint density at radius 3 is 2.84 bits per heavy atom. The maximum Gasteiger partial charge on any atom is 0.180 e. The number of carbonyl (C=O) groups is 1. The number of hydrogen-bond donors (Lipinski definition) is 1. The van der Waals surface area contributed by atoms with Crippen molar-refractivity contribution in [2.24, 2.45) is 0 Å². The minimum atomic E-state index is -0.165. The summed E-state index contributed by atoms with van der Waals surface area (Å²) in [7, 11) is 0. The summed E-state index contributed by atoms with van der Waals surface area (Å²) in [5, 5.41) is 1.32. The second kappa shape index (κ2) is 4.76. The fourth-order valence-electron chi connectivity index (χ4n) is 2.13. The zero-order chi connectivity index (χ0) is 13.4. The van der Waals surface area contributed by atoms with Gasteiger partial charge in [-0.25, -0.2) is 0 Å². The molecule has 1 aromatic carbocycles. The quantitative estimate of drug-likeness (QED) is 0.571. The predicted octanol–water partition coefficient (Wildman–Crippen LogP) is 4.50. The fourth-order valence-corrected chi connectivity index (χ4v) is 2.43. The number of rotatable bonds is 3. The molecule has 0 spiro atoms. The topological polar surface area (TPSA) is 46.0 Å². The van der Waals surface area contributed by atoms with Crippen molar-refractivity contribution in [1.29, 1.82) is 0 Å². The molecule has 0 bridgehead atoms. The number of Topliss-reactive ketones (excluding diaryl/α,β-unsaturated/α-hetero) is 1. The fraction of sp³-hybridized carbons (Fsp3) is 0.0714. The summed E-state index contributed by atoms with van der Waals surface area (Å²) in [6.45, 7) is 0. The van der Waals surface area contributed by atoms with Gasteiger partial charge in [-0.15, -0.1) is 11.6 Å². The molecule has 0 radical (unpaired) electrons. The average Bonchev–Trinajstić information content (AvgIpc) is 3.03. The van der Waals surface area contributed by atoms with Gasteiger partial charge in [0, 0.05) is 15.9 Å². The predicted molar refractivity (Wildman–Crippen MR) is 76.1 cm³/mol. The van der Waals surface area contributed by atoms with Crippen LogP contribution in [0.4, 0.5) is 0 Å². The molecule has 0 amide bonds. The smallest absolute Gasteiger partial charge is 0.180 e. The Morgan fingerprint density at radius 1 is 1.32 bits per heavy atom. The zero-order valence-electron chi connectivity index (χ0n) is 9.74. The monoisotopic (exact) mass is 293 g/mol. The van der Waals surface area contributed by atoms with Crippen LogP contribution in [0.1, 0.15) is 10.4 Å². The number of H-pyrrole nitrogens is 1. The van der Waals surface area contributed by atoms with Crippen molar-refractivity contribution in [3.63, 3.8) is 0 Å². The summed E-state index contributed by atoms with van der Waals surface area (Å²) in [5.74, 6) is 0.343. The lowest BCUT2D eigenvalue weighted by Crippen LogP contribution is -2.01. The van der Waals surface area contributed by atoms with E-state index in [9.17, 15) is 4.79 Å². The van der Waals surface area contributed by atoms with Gasteiger partial charge < -0.3 is 9.40 Å². The first kappa shape index (κ1) is 12.3. The van der Waals surface area contributed by atoms with E-state index in [0.29, 0.717) is 22.0 Å². The van der Waals surface area contributed by atoms with E-state index >= 15 is 0 Å².